The van der Waals surface area contributed by atoms with Crippen molar-refractivity contribution < 1.29 is 45.0 Å². The fourth-order valence-corrected chi connectivity index (χ4v) is 3.35. The van der Waals surface area contributed by atoms with Gasteiger partial charge in [-0.25, -0.2) is 22.0 Å². The normalized spacial score (nSPS) is 11.7. The van der Waals surface area contributed by atoms with E-state index in [-0.39, 0.29) is 17.5 Å². The topological polar surface area (TPSA) is 29.5 Å². The maximum atomic E-state index is 15.1. The van der Waals surface area contributed by atoms with Crippen LogP contribution in [0.25, 0.3) is 11.1 Å². The lowest BCUT2D eigenvalue weighted by atomic mass is 9.95. The van der Waals surface area contributed by atoms with Gasteiger partial charge in [0, 0.05) is 17.2 Å². The summed E-state index contributed by atoms with van der Waals surface area (Å²) in [6, 6.07) is 5.57. The van der Waals surface area contributed by atoms with Crippen LogP contribution in [0.1, 0.15) is 23.6 Å². The van der Waals surface area contributed by atoms with Crippen LogP contribution in [0.2, 0.25) is 0 Å². The summed E-state index contributed by atoms with van der Waals surface area (Å²) in [5.41, 5.74) is -1.09. The van der Waals surface area contributed by atoms with E-state index in [1.54, 1.807) is 6.92 Å². The second kappa shape index (κ2) is 9.29. The predicted octanol–water partition coefficient (Wildman–Crippen LogP) is 7.00. The lowest BCUT2D eigenvalue weighted by Crippen LogP contribution is -2.19. The van der Waals surface area contributed by atoms with Crippen LogP contribution in [0.5, 0.6) is 11.5 Å². The Labute approximate surface area is 183 Å². The van der Waals surface area contributed by atoms with Crippen molar-refractivity contribution in [2.75, 3.05) is 0 Å². The number of aromatic hydroxyl groups is 1. The molecule has 1 N–H and O–H groups in total. The molecule has 0 radical (unpaired) electrons. The Bertz CT molecular complexity index is 1170. The third-order valence-electron chi connectivity index (χ3n) is 4.94. The van der Waals surface area contributed by atoms with Crippen LogP contribution in [0.15, 0.2) is 36.4 Å². The Balaban J connectivity index is 1.93. The Hall–Kier alpha value is -3.30. The van der Waals surface area contributed by atoms with E-state index >= 15 is 4.39 Å². The molecule has 0 aliphatic carbocycles. The molecule has 3 aromatic carbocycles. The van der Waals surface area contributed by atoms with E-state index in [0.29, 0.717) is 30.2 Å². The van der Waals surface area contributed by atoms with Gasteiger partial charge in [-0.15, -0.1) is 13.2 Å². The van der Waals surface area contributed by atoms with E-state index in [1.807, 2.05) is 0 Å². The number of hydrogen-bond donors (Lipinski definition) is 1. The van der Waals surface area contributed by atoms with Gasteiger partial charge in [0.2, 0.25) is 5.75 Å². The van der Waals surface area contributed by atoms with E-state index in [1.165, 1.54) is 12.1 Å². The zero-order valence-corrected chi connectivity index (χ0v) is 17.0. The van der Waals surface area contributed by atoms with Gasteiger partial charge >= 0.3 is 6.36 Å². The van der Waals surface area contributed by atoms with Crippen molar-refractivity contribution in [3.05, 3.63) is 82.2 Å². The van der Waals surface area contributed by atoms with Crippen LogP contribution in [-0.2, 0) is 19.3 Å². The smallest absolute Gasteiger partial charge is 0.507 e. The van der Waals surface area contributed by atoms with Gasteiger partial charge in [-0.2, -0.15) is 0 Å². The molecule has 0 unspecified atom stereocenters. The fourth-order valence-electron chi connectivity index (χ4n) is 3.35. The third-order valence-corrected chi connectivity index (χ3v) is 4.94. The van der Waals surface area contributed by atoms with Crippen LogP contribution in [-0.4, -0.2) is 11.5 Å². The fraction of sp³-hybridized carbons (Fsp3) is 0.217. The summed E-state index contributed by atoms with van der Waals surface area (Å²) in [6.45, 7) is 1.77. The lowest BCUT2D eigenvalue weighted by molar-refractivity contribution is -0.276. The van der Waals surface area contributed by atoms with E-state index in [2.05, 4.69) is 4.74 Å². The molecule has 3 aromatic rings. The van der Waals surface area contributed by atoms with Crippen molar-refractivity contribution in [1.29, 1.82) is 0 Å². The van der Waals surface area contributed by atoms with Gasteiger partial charge in [0.15, 0.2) is 11.6 Å². The molecular formula is C23H16F8O2. The summed E-state index contributed by atoms with van der Waals surface area (Å²) in [5.74, 6) is -9.08. The van der Waals surface area contributed by atoms with Crippen molar-refractivity contribution in [3.8, 4) is 22.6 Å². The third kappa shape index (κ3) is 5.37. The number of rotatable bonds is 6. The first-order chi connectivity index (χ1) is 15.4. The monoisotopic (exact) mass is 476 g/mol. The molecule has 176 valence electrons. The molecule has 0 saturated carbocycles. The highest BCUT2D eigenvalue weighted by Crippen LogP contribution is 2.37. The summed E-state index contributed by atoms with van der Waals surface area (Å²) < 4.78 is 112. The molecule has 3 rings (SSSR count). The molecule has 0 aliphatic rings. The van der Waals surface area contributed by atoms with Gasteiger partial charge in [0.05, 0.1) is 5.56 Å². The van der Waals surface area contributed by atoms with Gasteiger partial charge in [-0.05, 0) is 48.6 Å². The molecule has 0 spiro atoms. The highest BCUT2D eigenvalue weighted by Gasteiger charge is 2.34. The molecule has 0 atom stereocenters. The number of phenolic OH excluding ortho intramolecular Hbond substituents is 1. The Kier molecular flexibility index (Phi) is 6.85. The molecule has 0 bridgehead atoms. The highest BCUT2D eigenvalue weighted by molar-refractivity contribution is 5.72. The van der Waals surface area contributed by atoms with Crippen LogP contribution in [0.4, 0.5) is 35.1 Å². The minimum atomic E-state index is -5.32. The van der Waals surface area contributed by atoms with Gasteiger partial charge in [0.1, 0.15) is 23.2 Å². The molecule has 0 amide bonds. The van der Waals surface area contributed by atoms with Crippen molar-refractivity contribution >= 4 is 0 Å². The van der Waals surface area contributed by atoms with E-state index in [9.17, 15) is 35.8 Å². The summed E-state index contributed by atoms with van der Waals surface area (Å²) in [6.07, 6.45) is -5.68. The maximum absolute atomic E-state index is 15.1. The molecule has 10 heteroatoms. The number of phenols is 1. The standard InChI is InChI=1S/C23H16F8O2/c1-2-11-3-5-13(15(24)7-11)20-19(32)10-16(25)14(21(20)28)6-4-12-8-17(26)22(18(27)9-12)33-23(29,30)31/h3,5,7-10,32H,2,4,6H2,1H3. The SMILES string of the molecule is CCc1ccc(-c2c(O)cc(F)c(CCc3cc(F)c(OC(F)(F)F)c(F)c3)c2F)c(F)c1. The zero-order chi connectivity index (χ0) is 24.5. The second-order valence-electron chi connectivity index (χ2n) is 7.15. The summed E-state index contributed by atoms with van der Waals surface area (Å²) >= 11 is 0. The minimum Gasteiger partial charge on any atom is -0.507 e. The van der Waals surface area contributed by atoms with Crippen molar-refractivity contribution in [2.45, 2.75) is 32.5 Å². The van der Waals surface area contributed by atoms with E-state index in [0.717, 1.165) is 6.07 Å². The molecule has 0 aliphatic heterocycles. The predicted molar refractivity (Wildman–Crippen MR) is 103 cm³/mol. The Morgan fingerprint density at radius 3 is 1.94 bits per heavy atom. The molecule has 0 aromatic heterocycles. The first-order valence-electron chi connectivity index (χ1n) is 9.63. The quantitative estimate of drug-likeness (QED) is 0.388. The molecule has 0 heterocycles. The lowest BCUT2D eigenvalue weighted by Gasteiger charge is -2.14. The van der Waals surface area contributed by atoms with Gasteiger partial charge in [-0.3, -0.25) is 0 Å². The minimum absolute atomic E-state index is 0.202. The first-order valence-corrected chi connectivity index (χ1v) is 9.63. The molecule has 33 heavy (non-hydrogen) atoms. The average Bonchev–Trinajstić information content (AvgIpc) is 2.70. The summed E-state index contributed by atoms with van der Waals surface area (Å²) in [5, 5.41) is 10.0. The van der Waals surface area contributed by atoms with E-state index in [4.69, 9.17) is 0 Å². The first kappa shape index (κ1) is 24.3. The number of alkyl halides is 3. The number of hydrogen-bond acceptors (Lipinski definition) is 2. The number of ether oxygens (including phenoxy) is 1. The summed E-state index contributed by atoms with van der Waals surface area (Å²) in [7, 11) is 0. The number of aryl methyl sites for hydroxylation is 2. The van der Waals surface area contributed by atoms with Gasteiger partial charge in [-0.1, -0.05) is 19.1 Å². The van der Waals surface area contributed by atoms with Crippen molar-refractivity contribution in [2.24, 2.45) is 0 Å². The average molecular weight is 476 g/mol. The van der Waals surface area contributed by atoms with Crippen LogP contribution in [0, 0.1) is 29.1 Å². The number of benzene rings is 3. The molecule has 0 saturated heterocycles. The Morgan fingerprint density at radius 1 is 0.788 bits per heavy atom. The van der Waals surface area contributed by atoms with Crippen molar-refractivity contribution in [3.63, 3.8) is 0 Å². The van der Waals surface area contributed by atoms with Crippen molar-refractivity contribution in [1.82, 2.24) is 0 Å². The highest BCUT2D eigenvalue weighted by atomic mass is 19.4. The van der Waals surface area contributed by atoms with Crippen LogP contribution < -0.4 is 4.74 Å². The zero-order valence-electron chi connectivity index (χ0n) is 17.0. The molecular weight excluding hydrogens is 460 g/mol. The Morgan fingerprint density at radius 2 is 1.39 bits per heavy atom. The number of halogens is 8. The maximum Gasteiger partial charge on any atom is 0.573 e. The van der Waals surface area contributed by atoms with Gasteiger partial charge in [0.25, 0.3) is 0 Å². The largest absolute Gasteiger partial charge is 0.573 e. The molecule has 0 fully saturated rings. The molecule has 2 nitrogen and oxygen atoms in total. The van der Waals surface area contributed by atoms with E-state index < -0.39 is 64.5 Å². The van der Waals surface area contributed by atoms with Gasteiger partial charge < -0.3 is 9.84 Å². The van der Waals surface area contributed by atoms with Crippen LogP contribution in [0.3, 0.4) is 0 Å². The van der Waals surface area contributed by atoms with Crippen LogP contribution >= 0.6 is 0 Å². The summed E-state index contributed by atoms with van der Waals surface area (Å²) in [4.78, 5) is 0. The second-order valence-corrected chi connectivity index (χ2v) is 7.15.